The van der Waals surface area contributed by atoms with Gasteiger partial charge in [0, 0.05) is 43.7 Å². The molecule has 3 aromatic rings. The van der Waals surface area contributed by atoms with Gasteiger partial charge in [-0.05, 0) is 71.9 Å². The molecule has 0 aliphatic rings. The number of hydrogen-bond donors (Lipinski definition) is 1. The molecule has 0 saturated heterocycles. The molecule has 1 atom stereocenters. The lowest BCUT2D eigenvalue weighted by Crippen LogP contribution is -2.35. The van der Waals surface area contributed by atoms with E-state index in [0.29, 0.717) is 36.9 Å². The first kappa shape index (κ1) is 28.9. The number of aromatic nitrogens is 3. The third kappa shape index (κ3) is 8.71. The van der Waals surface area contributed by atoms with Crippen LogP contribution in [0.5, 0.6) is 0 Å². The number of nitrogens with one attached hydrogen (secondary N) is 1. The molecule has 0 unspecified atom stereocenters. The number of ether oxygens (including phenoxy) is 2. The van der Waals surface area contributed by atoms with Gasteiger partial charge in [-0.1, -0.05) is 17.3 Å². The maximum absolute atomic E-state index is 12.7. The topological polar surface area (TPSA) is 120 Å². The third-order valence-electron chi connectivity index (χ3n) is 5.48. The van der Waals surface area contributed by atoms with Crippen LogP contribution in [0, 0.1) is 6.92 Å². The average Bonchev–Trinajstić information content (AvgIpc) is 3.22. The second-order valence-corrected chi connectivity index (χ2v) is 11.4. The monoisotopic (exact) mass is 525 g/mol. The molecule has 0 spiro atoms. The van der Waals surface area contributed by atoms with Crippen molar-refractivity contribution in [3.63, 3.8) is 0 Å². The molecule has 3 rings (SSSR count). The average molecular weight is 526 g/mol. The Hall–Kier alpha value is -3.69. The van der Waals surface area contributed by atoms with Crippen LogP contribution in [0.15, 0.2) is 35.0 Å². The van der Waals surface area contributed by atoms with Gasteiger partial charge >= 0.3 is 12.1 Å². The van der Waals surface area contributed by atoms with Gasteiger partial charge < -0.3 is 24.2 Å². The molecule has 0 bridgehead atoms. The number of nitrogens with zero attached hydrogens (tertiary/aromatic N) is 4. The third-order valence-corrected chi connectivity index (χ3v) is 5.48. The fourth-order valence-electron chi connectivity index (χ4n) is 3.85. The van der Waals surface area contributed by atoms with E-state index < -0.39 is 11.2 Å². The minimum Gasteiger partial charge on any atom is -0.460 e. The Morgan fingerprint density at radius 2 is 1.79 bits per heavy atom. The fraction of sp³-hybridized carbons (Fsp3) is 0.536. The minimum atomic E-state index is -0.589. The van der Waals surface area contributed by atoms with Gasteiger partial charge in [0.15, 0.2) is 0 Å². The van der Waals surface area contributed by atoms with E-state index in [1.165, 1.54) is 0 Å². The number of rotatable bonds is 9. The van der Waals surface area contributed by atoms with E-state index in [-0.39, 0.29) is 24.5 Å². The molecule has 38 heavy (non-hydrogen) atoms. The van der Waals surface area contributed by atoms with Crippen LogP contribution in [0.4, 0.5) is 10.6 Å². The highest BCUT2D eigenvalue weighted by Gasteiger charge is 2.23. The summed E-state index contributed by atoms with van der Waals surface area (Å²) in [7, 11) is 1.71. The van der Waals surface area contributed by atoms with Crippen molar-refractivity contribution in [3.8, 4) is 11.4 Å². The first-order chi connectivity index (χ1) is 17.7. The van der Waals surface area contributed by atoms with Crippen LogP contribution >= 0.6 is 0 Å². The highest BCUT2D eigenvalue weighted by atomic mass is 16.6. The number of hydrogen-bond acceptors (Lipinski definition) is 9. The summed E-state index contributed by atoms with van der Waals surface area (Å²) in [6.07, 6.45) is 2.75. The maximum atomic E-state index is 12.7. The molecule has 10 nitrogen and oxygen atoms in total. The summed E-state index contributed by atoms with van der Waals surface area (Å²) in [5, 5.41) is 9.32. The Morgan fingerprint density at radius 1 is 1.08 bits per heavy atom. The summed E-state index contributed by atoms with van der Waals surface area (Å²) in [4.78, 5) is 35.5. The van der Waals surface area contributed by atoms with Crippen molar-refractivity contribution in [1.82, 2.24) is 20.0 Å². The number of pyridine rings is 1. The minimum absolute atomic E-state index is 0.148. The van der Waals surface area contributed by atoms with Crippen molar-refractivity contribution in [2.45, 2.75) is 85.0 Å². The van der Waals surface area contributed by atoms with Crippen LogP contribution in [0.25, 0.3) is 22.2 Å². The van der Waals surface area contributed by atoms with E-state index in [4.69, 9.17) is 14.0 Å². The van der Waals surface area contributed by atoms with Gasteiger partial charge in [-0.3, -0.25) is 4.79 Å². The molecule has 0 fully saturated rings. The molecule has 10 heteroatoms. The molecule has 1 amide bonds. The van der Waals surface area contributed by atoms with E-state index in [1.54, 1.807) is 25.1 Å². The zero-order chi connectivity index (χ0) is 28.1. The summed E-state index contributed by atoms with van der Waals surface area (Å²) < 4.78 is 16.2. The van der Waals surface area contributed by atoms with Crippen LogP contribution in [0.1, 0.15) is 66.7 Å². The summed E-state index contributed by atoms with van der Waals surface area (Å²) in [5.74, 6) is 1.31. The number of esters is 1. The predicted octanol–water partition coefficient (Wildman–Crippen LogP) is 5.75. The molecule has 2 aromatic heterocycles. The Morgan fingerprint density at radius 3 is 2.42 bits per heavy atom. The first-order valence-electron chi connectivity index (χ1n) is 12.8. The number of carbonyl (C=O) groups is 2. The number of aryl methyl sites for hydroxylation is 1. The van der Waals surface area contributed by atoms with Gasteiger partial charge in [-0.15, -0.1) is 0 Å². The molecule has 1 N–H and O–H groups in total. The smallest absolute Gasteiger partial charge is 0.410 e. The number of anilines is 1. The zero-order valence-electron chi connectivity index (χ0n) is 23.6. The summed E-state index contributed by atoms with van der Waals surface area (Å²) in [5.41, 5.74) is -0.355. The summed E-state index contributed by atoms with van der Waals surface area (Å²) in [6.45, 7) is 13.3. The van der Waals surface area contributed by atoms with Gasteiger partial charge in [0.2, 0.25) is 11.7 Å². The molecule has 0 aliphatic carbocycles. The molecule has 206 valence electrons. The Bertz CT molecular complexity index is 1260. The molecular weight excluding hydrogens is 486 g/mol. The van der Waals surface area contributed by atoms with Crippen molar-refractivity contribution < 1.29 is 23.6 Å². The van der Waals surface area contributed by atoms with Gasteiger partial charge in [0.05, 0.1) is 6.42 Å². The lowest BCUT2D eigenvalue weighted by Gasteiger charge is -2.26. The van der Waals surface area contributed by atoms with Crippen molar-refractivity contribution >= 4 is 28.7 Å². The molecular formula is C28H39N5O5. The normalized spacial score (nSPS) is 12.7. The SMILES string of the molecule is Cc1nc(-c2ccc3ccnc(N[C@@H](CCCN(C)C(=O)OC(C)(C)C)CC(=O)OC(C)(C)C)c3c2)no1. The lowest BCUT2D eigenvalue weighted by molar-refractivity contribution is -0.155. The number of carbonyl (C=O) groups excluding carboxylic acids is 2. The highest BCUT2D eigenvalue weighted by molar-refractivity contribution is 5.94. The van der Waals surface area contributed by atoms with E-state index in [0.717, 1.165) is 16.3 Å². The van der Waals surface area contributed by atoms with Gasteiger partial charge in [-0.25, -0.2) is 9.78 Å². The summed E-state index contributed by atoms with van der Waals surface area (Å²) in [6, 6.07) is 7.51. The van der Waals surface area contributed by atoms with Crippen molar-refractivity contribution in [2.75, 3.05) is 18.9 Å². The lowest BCUT2D eigenvalue weighted by atomic mass is 10.0. The Kier molecular flexibility index (Phi) is 8.96. The second-order valence-electron chi connectivity index (χ2n) is 11.4. The molecule has 2 heterocycles. The zero-order valence-corrected chi connectivity index (χ0v) is 23.6. The number of benzene rings is 1. The van der Waals surface area contributed by atoms with Gasteiger partial charge in [-0.2, -0.15) is 4.98 Å². The molecule has 1 aromatic carbocycles. The van der Waals surface area contributed by atoms with Crippen molar-refractivity contribution in [3.05, 3.63) is 36.4 Å². The summed E-state index contributed by atoms with van der Waals surface area (Å²) >= 11 is 0. The van der Waals surface area contributed by atoms with Gasteiger partial charge in [0.1, 0.15) is 17.0 Å². The quantitative estimate of drug-likeness (QED) is 0.348. The Labute approximate surface area is 224 Å². The first-order valence-corrected chi connectivity index (χ1v) is 12.8. The highest BCUT2D eigenvalue weighted by Crippen LogP contribution is 2.28. The number of fused-ring (bicyclic) bond motifs is 1. The van der Waals surface area contributed by atoms with Crippen LogP contribution in [-0.4, -0.2) is 62.9 Å². The van der Waals surface area contributed by atoms with E-state index >= 15 is 0 Å². The van der Waals surface area contributed by atoms with Crippen molar-refractivity contribution in [2.24, 2.45) is 0 Å². The van der Waals surface area contributed by atoms with Crippen LogP contribution in [0.2, 0.25) is 0 Å². The second kappa shape index (κ2) is 11.8. The van der Waals surface area contributed by atoms with E-state index in [9.17, 15) is 9.59 Å². The van der Waals surface area contributed by atoms with Crippen LogP contribution < -0.4 is 5.32 Å². The Balaban J connectivity index is 1.79. The number of amides is 1. The van der Waals surface area contributed by atoms with Gasteiger partial charge in [0.25, 0.3) is 0 Å². The van der Waals surface area contributed by atoms with Crippen molar-refractivity contribution in [1.29, 1.82) is 0 Å². The standard InChI is InChI=1S/C28H39N5O5/c1-18-30-24(32-38-18)20-12-11-19-13-14-29-25(22(19)16-20)31-21(17-23(34)36-27(2,3)4)10-9-15-33(8)26(35)37-28(5,6)7/h11-14,16,21H,9-10,15,17H2,1-8H3,(H,29,31)/t21-/m0/s1. The molecule has 0 saturated carbocycles. The van der Waals surface area contributed by atoms with E-state index in [1.807, 2.05) is 65.8 Å². The molecule has 0 aliphatic heterocycles. The van der Waals surface area contributed by atoms with E-state index in [2.05, 4.69) is 20.4 Å². The molecule has 0 radical (unpaired) electrons. The maximum Gasteiger partial charge on any atom is 0.410 e. The largest absolute Gasteiger partial charge is 0.460 e. The van der Waals surface area contributed by atoms with Crippen LogP contribution in [0.3, 0.4) is 0 Å². The van der Waals surface area contributed by atoms with Crippen LogP contribution in [-0.2, 0) is 14.3 Å². The predicted molar refractivity (Wildman–Crippen MR) is 146 cm³/mol. The fourth-order valence-corrected chi connectivity index (χ4v) is 3.85.